The molecule has 1 heterocycles. The number of allylic oxidation sites excluding steroid dienone is 3. The monoisotopic (exact) mass is 435 g/mol. The normalized spacial score (nSPS) is 30.5. The first kappa shape index (κ1) is 17.8. The van der Waals surface area contributed by atoms with Crippen LogP contribution in [0.1, 0.15) is 45.4 Å². The standard InChI is InChI=1S/C16H22BrNO3Se/c1-11-10-12(15(19)21-2)6-7-13(17)14(22-18-11)16(20)8-4-3-5-9-16/h6,10,18,20H,3-5,7-9H2,1-2H3/b11-10-,12-6+,14-13+. The van der Waals surface area contributed by atoms with Crippen LogP contribution in [0, 0.1) is 0 Å². The Kier molecular flexibility index (Phi) is 6.33. The Morgan fingerprint density at radius 1 is 1.41 bits per heavy atom. The first-order chi connectivity index (χ1) is 10.5. The van der Waals surface area contributed by atoms with E-state index in [1.807, 2.05) is 19.1 Å². The number of methoxy groups -OCH3 is 1. The second-order valence-electron chi connectivity index (χ2n) is 5.71. The van der Waals surface area contributed by atoms with Crippen molar-refractivity contribution in [2.24, 2.45) is 0 Å². The van der Waals surface area contributed by atoms with Crippen molar-refractivity contribution in [3.8, 4) is 0 Å². The van der Waals surface area contributed by atoms with Crippen LogP contribution in [0.4, 0.5) is 0 Å². The third-order valence-electron chi connectivity index (χ3n) is 3.96. The van der Waals surface area contributed by atoms with Gasteiger partial charge in [-0.1, -0.05) is 0 Å². The molecule has 2 N–H and O–H groups in total. The Bertz CT molecular complexity index is 534. The van der Waals surface area contributed by atoms with Gasteiger partial charge >= 0.3 is 147 Å². The van der Waals surface area contributed by atoms with E-state index < -0.39 is 5.60 Å². The van der Waals surface area contributed by atoms with Gasteiger partial charge in [-0.15, -0.1) is 0 Å². The number of aliphatic hydroxyl groups is 1. The van der Waals surface area contributed by atoms with Gasteiger partial charge in [0.1, 0.15) is 0 Å². The predicted octanol–water partition coefficient (Wildman–Crippen LogP) is 2.90. The average molecular weight is 435 g/mol. The van der Waals surface area contributed by atoms with Gasteiger partial charge in [0.05, 0.1) is 0 Å². The van der Waals surface area contributed by atoms with Crippen molar-refractivity contribution in [3.63, 3.8) is 0 Å². The molecule has 1 aliphatic carbocycles. The Morgan fingerprint density at radius 2 is 2.09 bits per heavy atom. The Balaban J connectivity index is 2.32. The molecule has 0 unspecified atom stereocenters. The van der Waals surface area contributed by atoms with Gasteiger partial charge in [0.25, 0.3) is 0 Å². The Hall–Kier alpha value is -0.551. The minimum atomic E-state index is -0.714. The van der Waals surface area contributed by atoms with Crippen LogP contribution in [0.3, 0.4) is 0 Å². The molecule has 122 valence electrons. The molecular weight excluding hydrogens is 413 g/mol. The summed E-state index contributed by atoms with van der Waals surface area (Å²) in [5.41, 5.74) is 0.737. The number of hydrogen-bond acceptors (Lipinski definition) is 4. The second kappa shape index (κ2) is 7.82. The number of hydrogen-bond donors (Lipinski definition) is 2. The van der Waals surface area contributed by atoms with Crippen molar-refractivity contribution in [1.82, 2.24) is 4.33 Å². The summed E-state index contributed by atoms with van der Waals surface area (Å²) in [4.78, 5) is 11.8. The molecule has 0 amide bonds. The van der Waals surface area contributed by atoms with E-state index in [2.05, 4.69) is 20.3 Å². The fourth-order valence-electron chi connectivity index (χ4n) is 2.77. The molecule has 0 bridgehead atoms. The van der Waals surface area contributed by atoms with Gasteiger partial charge in [-0.3, -0.25) is 0 Å². The molecule has 0 aromatic carbocycles. The molecule has 0 spiro atoms. The third-order valence-corrected chi connectivity index (χ3v) is 7.90. The van der Waals surface area contributed by atoms with Crippen molar-refractivity contribution >= 4 is 37.1 Å². The first-order valence-electron chi connectivity index (χ1n) is 7.47. The molecule has 1 aliphatic heterocycles. The maximum atomic E-state index is 11.8. The van der Waals surface area contributed by atoms with E-state index >= 15 is 0 Å². The molecule has 1 fully saturated rings. The number of rotatable bonds is 2. The van der Waals surface area contributed by atoms with Crippen LogP contribution < -0.4 is 4.33 Å². The number of carbonyl (C=O) groups excluding carboxylic acids is 1. The maximum absolute atomic E-state index is 11.8. The van der Waals surface area contributed by atoms with Crippen molar-refractivity contribution < 1.29 is 14.6 Å². The van der Waals surface area contributed by atoms with Crippen LogP contribution >= 0.6 is 15.9 Å². The number of ether oxygens (including phenoxy) is 1. The zero-order valence-electron chi connectivity index (χ0n) is 12.9. The van der Waals surface area contributed by atoms with Gasteiger partial charge in [0, 0.05) is 0 Å². The van der Waals surface area contributed by atoms with E-state index in [-0.39, 0.29) is 21.1 Å². The fourth-order valence-corrected chi connectivity index (χ4v) is 5.63. The zero-order chi connectivity index (χ0) is 16.2. The van der Waals surface area contributed by atoms with Crippen LogP contribution in [0.15, 0.2) is 32.4 Å². The van der Waals surface area contributed by atoms with Crippen LogP contribution in [-0.2, 0) is 9.53 Å². The summed E-state index contributed by atoms with van der Waals surface area (Å²) in [5.74, 6) is -0.339. The van der Waals surface area contributed by atoms with E-state index in [4.69, 9.17) is 4.74 Å². The van der Waals surface area contributed by atoms with Gasteiger partial charge in [0.2, 0.25) is 0 Å². The molecule has 0 radical (unpaired) electrons. The quantitative estimate of drug-likeness (QED) is 0.518. The third kappa shape index (κ3) is 4.25. The van der Waals surface area contributed by atoms with Gasteiger partial charge in [-0.2, -0.15) is 0 Å². The van der Waals surface area contributed by atoms with Crippen LogP contribution in [0.5, 0.6) is 0 Å². The SMILES string of the molecule is COC(=O)C1=C/C/C(Br)=C(/C2(O)CCCCC2)[Se]N/C(C)=C\1. The summed E-state index contributed by atoms with van der Waals surface area (Å²) in [7, 11) is 1.39. The summed E-state index contributed by atoms with van der Waals surface area (Å²) >= 11 is 3.59. The minimum absolute atomic E-state index is 0.0507. The predicted molar refractivity (Wildman–Crippen MR) is 91.4 cm³/mol. The topological polar surface area (TPSA) is 58.6 Å². The molecule has 0 atom stereocenters. The molecule has 2 aliphatic rings. The number of esters is 1. The van der Waals surface area contributed by atoms with Crippen LogP contribution in [0.25, 0.3) is 0 Å². The van der Waals surface area contributed by atoms with E-state index in [0.717, 1.165) is 40.3 Å². The summed E-state index contributed by atoms with van der Waals surface area (Å²) in [6, 6.07) is 0. The second-order valence-corrected chi connectivity index (χ2v) is 8.38. The number of halogens is 1. The molecule has 0 aromatic rings. The summed E-state index contributed by atoms with van der Waals surface area (Å²) < 4.78 is 10.2. The van der Waals surface area contributed by atoms with Crippen LogP contribution in [-0.4, -0.2) is 39.0 Å². The van der Waals surface area contributed by atoms with Crippen LogP contribution in [0.2, 0.25) is 0 Å². The van der Waals surface area contributed by atoms with Gasteiger partial charge in [0.15, 0.2) is 0 Å². The van der Waals surface area contributed by atoms with Crippen molar-refractivity contribution in [2.45, 2.75) is 51.0 Å². The van der Waals surface area contributed by atoms with E-state index in [9.17, 15) is 9.90 Å². The molecule has 6 heteroatoms. The zero-order valence-corrected chi connectivity index (χ0v) is 16.2. The van der Waals surface area contributed by atoms with Crippen molar-refractivity contribution in [3.05, 3.63) is 32.4 Å². The average Bonchev–Trinajstić information content (AvgIpc) is 2.57. The van der Waals surface area contributed by atoms with E-state index in [0.29, 0.717) is 12.0 Å². The fraction of sp³-hybridized carbons (Fsp3) is 0.562. The molecule has 0 aromatic heterocycles. The van der Waals surface area contributed by atoms with Gasteiger partial charge in [-0.05, 0) is 0 Å². The molecule has 1 saturated carbocycles. The first-order valence-corrected chi connectivity index (χ1v) is 9.98. The van der Waals surface area contributed by atoms with Crippen molar-refractivity contribution in [1.29, 1.82) is 0 Å². The van der Waals surface area contributed by atoms with Gasteiger partial charge in [-0.25, -0.2) is 0 Å². The Labute approximate surface area is 146 Å². The summed E-state index contributed by atoms with van der Waals surface area (Å²) in [6.07, 6.45) is 9.21. The molecular formula is C16H22BrNO3Se. The van der Waals surface area contributed by atoms with E-state index in [1.54, 1.807) is 0 Å². The molecule has 22 heavy (non-hydrogen) atoms. The molecule has 0 saturated heterocycles. The number of carbonyl (C=O) groups is 1. The number of nitrogens with one attached hydrogen (secondary N) is 1. The van der Waals surface area contributed by atoms with Crippen molar-refractivity contribution in [2.75, 3.05) is 7.11 Å². The molecule has 4 nitrogen and oxygen atoms in total. The molecule has 2 rings (SSSR count). The van der Waals surface area contributed by atoms with Gasteiger partial charge < -0.3 is 0 Å². The Morgan fingerprint density at radius 3 is 2.73 bits per heavy atom. The summed E-state index contributed by atoms with van der Waals surface area (Å²) in [5, 5.41) is 11.0. The summed E-state index contributed by atoms with van der Waals surface area (Å²) in [6.45, 7) is 1.93. The van der Waals surface area contributed by atoms with E-state index in [1.165, 1.54) is 13.5 Å².